The summed E-state index contributed by atoms with van der Waals surface area (Å²) in [5.74, 6) is 1.89. The van der Waals surface area contributed by atoms with E-state index in [4.69, 9.17) is 0 Å². The van der Waals surface area contributed by atoms with Crippen molar-refractivity contribution in [2.24, 2.45) is 11.8 Å². The highest BCUT2D eigenvalue weighted by molar-refractivity contribution is 6.03. The van der Waals surface area contributed by atoms with E-state index in [0.29, 0.717) is 24.2 Å². The van der Waals surface area contributed by atoms with Crippen LogP contribution >= 0.6 is 0 Å². The monoisotopic (exact) mass is 339 g/mol. The molecule has 0 aromatic heterocycles. The highest BCUT2D eigenvalue weighted by Gasteiger charge is 2.33. The minimum absolute atomic E-state index is 0.0553. The van der Waals surface area contributed by atoms with Gasteiger partial charge >= 0.3 is 0 Å². The molecule has 132 valence electrons. The number of hydrogen-bond acceptors (Lipinski definition) is 4. The van der Waals surface area contributed by atoms with Gasteiger partial charge in [0, 0.05) is 25.9 Å². The van der Waals surface area contributed by atoms with Crippen molar-refractivity contribution in [1.82, 2.24) is 0 Å². The molecule has 3 rings (SSSR count). The second-order valence-electron chi connectivity index (χ2n) is 7.62. The summed E-state index contributed by atoms with van der Waals surface area (Å²) in [6.07, 6.45) is 1.23. The fraction of sp³-hybridized carbons (Fsp3) is 0.500. The van der Waals surface area contributed by atoms with Crippen molar-refractivity contribution in [3.8, 4) is 6.07 Å². The molecule has 5 nitrogen and oxygen atoms in total. The zero-order valence-corrected chi connectivity index (χ0v) is 15.5. The van der Waals surface area contributed by atoms with Crippen LogP contribution in [-0.4, -0.2) is 39.5 Å². The first-order valence-corrected chi connectivity index (χ1v) is 9.00. The van der Waals surface area contributed by atoms with Crippen molar-refractivity contribution in [1.29, 1.82) is 5.26 Å². The number of nitriles is 1. The average molecular weight is 339 g/mol. The van der Waals surface area contributed by atoms with E-state index in [0.717, 1.165) is 24.5 Å². The lowest BCUT2D eigenvalue weighted by Gasteiger charge is -2.31. The van der Waals surface area contributed by atoms with Crippen molar-refractivity contribution in [3.63, 3.8) is 0 Å². The number of hydrogen-bond donors (Lipinski definition) is 1. The summed E-state index contributed by atoms with van der Waals surface area (Å²) in [4.78, 5) is 18.1. The Balaban J connectivity index is 1.86. The van der Waals surface area contributed by atoms with Gasteiger partial charge in [0.2, 0.25) is 5.78 Å². The average Bonchev–Trinajstić information content (AvgIpc) is 2.80. The summed E-state index contributed by atoms with van der Waals surface area (Å²) in [5, 5.41) is 9.71. The van der Waals surface area contributed by atoms with E-state index in [2.05, 4.69) is 19.9 Å². The molecule has 3 atom stereocenters. The number of rotatable bonds is 3. The first-order valence-electron chi connectivity index (χ1n) is 9.00. The second-order valence-corrected chi connectivity index (χ2v) is 7.62. The normalized spacial score (nSPS) is 25.6. The van der Waals surface area contributed by atoms with Crippen LogP contribution in [0, 0.1) is 23.2 Å². The minimum atomic E-state index is -0.0553. The van der Waals surface area contributed by atoms with Crippen LogP contribution < -0.4 is 14.7 Å². The molecule has 25 heavy (non-hydrogen) atoms. The minimum Gasteiger partial charge on any atom is -0.328 e. The smallest absolute Gasteiger partial charge is 0.231 e. The zero-order valence-electron chi connectivity index (χ0n) is 15.5. The zero-order chi connectivity index (χ0) is 18.1. The van der Waals surface area contributed by atoms with Crippen molar-refractivity contribution in [2.75, 3.05) is 43.5 Å². The third kappa shape index (κ3) is 3.27. The van der Waals surface area contributed by atoms with E-state index >= 15 is 0 Å². The number of anilines is 2. The van der Waals surface area contributed by atoms with Gasteiger partial charge in [-0.05, 0) is 18.6 Å². The number of nitrogens with one attached hydrogen (secondary N) is 1. The number of para-hydroxylation sites is 2. The lowest BCUT2D eigenvalue weighted by molar-refractivity contribution is -0.904. The third-order valence-electron chi connectivity index (χ3n) is 5.34. The van der Waals surface area contributed by atoms with E-state index in [1.807, 2.05) is 48.2 Å². The molecule has 1 unspecified atom stereocenters. The van der Waals surface area contributed by atoms with Crippen molar-refractivity contribution < 1.29 is 9.69 Å². The Morgan fingerprint density at radius 3 is 2.16 bits per heavy atom. The van der Waals surface area contributed by atoms with Crippen LogP contribution in [0.5, 0.6) is 0 Å². The van der Waals surface area contributed by atoms with Crippen LogP contribution in [0.2, 0.25) is 0 Å². The molecular weight excluding hydrogens is 312 g/mol. The molecular formula is C20H27N4O+. The quantitative estimate of drug-likeness (QED) is 0.669. The Morgan fingerprint density at radius 1 is 1.16 bits per heavy atom. The summed E-state index contributed by atoms with van der Waals surface area (Å²) in [5.41, 5.74) is 2.31. The van der Waals surface area contributed by atoms with Crippen LogP contribution in [0.15, 0.2) is 35.7 Å². The Bertz CT molecular complexity index is 707. The van der Waals surface area contributed by atoms with E-state index in [1.54, 1.807) is 0 Å². The molecule has 0 radical (unpaired) electrons. The summed E-state index contributed by atoms with van der Waals surface area (Å²) in [6.45, 7) is 6.92. The maximum Gasteiger partial charge on any atom is 0.231 e. The number of ketones is 1. The number of carbonyl (C=O) groups is 1. The topological polar surface area (TPSA) is 51.8 Å². The van der Waals surface area contributed by atoms with Gasteiger partial charge in [-0.25, -0.2) is 0 Å². The third-order valence-corrected chi connectivity index (χ3v) is 5.34. The van der Waals surface area contributed by atoms with Crippen molar-refractivity contribution in [2.45, 2.75) is 20.3 Å². The molecule has 0 saturated carbocycles. The summed E-state index contributed by atoms with van der Waals surface area (Å²) in [7, 11) is 3.83. The predicted octanol–water partition coefficient (Wildman–Crippen LogP) is 1.44. The Morgan fingerprint density at radius 2 is 1.68 bits per heavy atom. The molecule has 2 aliphatic rings. The first kappa shape index (κ1) is 17.5. The molecule has 1 N–H and O–H groups in total. The van der Waals surface area contributed by atoms with Crippen molar-refractivity contribution >= 4 is 17.2 Å². The molecule has 0 amide bonds. The number of likely N-dealkylation sites (tertiary alicyclic amines) is 1. The Labute approximate surface area is 150 Å². The Kier molecular flexibility index (Phi) is 4.82. The molecule has 2 aliphatic heterocycles. The summed E-state index contributed by atoms with van der Waals surface area (Å²) >= 11 is 0. The maximum atomic E-state index is 12.9. The molecule has 0 aliphatic carbocycles. The number of nitrogens with zero attached hydrogens (tertiary/aromatic N) is 3. The fourth-order valence-electron chi connectivity index (χ4n) is 4.44. The molecule has 5 heteroatoms. The lowest BCUT2D eigenvalue weighted by atomic mass is 9.91. The molecule has 1 saturated heterocycles. The van der Waals surface area contributed by atoms with Crippen LogP contribution in [-0.2, 0) is 4.79 Å². The van der Waals surface area contributed by atoms with E-state index in [1.165, 1.54) is 11.3 Å². The number of Topliss-reactive ketones (excluding diaryl/α,β-unsaturated/α-hetero) is 1. The van der Waals surface area contributed by atoms with Gasteiger partial charge in [-0.1, -0.05) is 26.0 Å². The summed E-state index contributed by atoms with van der Waals surface area (Å²) in [6, 6.07) is 10.2. The maximum absolute atomic E-state index is 12.9. The van der Waals surface area contributed by atoms with Gasteiger partial charge in [-0.15, -0.1) is 0 Å². The largest absolute Gasteiger partial charge is 0.328 e. The van der Waals surface area contributed by atoms with Gasteiger partial charge in [-0.3, -0.25) is 4.79 Å². The van der Waals surface area contributed by atoms with Gasteiger partial charge in [0.05, 0.1) is 24.5 Å². The number of piperidine rings is 1. The van der Waals surface area contributed by atoms with Crippen LogP contribution in [0.1, 0.15) is 20.3 Å². The van der Waals surface area contributed by atoms with Gasteiger partial charge < -0.3 is 14.7 Å². The number of quaternary nitrogens is 1. The van der Waals surface area contributed by atoms with E-state index in [9.17, 15) is 10.1 Å². The van der Waals surface area contributed by atoms with Crippen molar-refractivity contribution in [3.05, 3.63) is 35.7 Å². The number of benzene rings is 1. The molecule has 2 heterocycles. The first-order chi connectivity index (χ1) is 11.9. The van der Waals surface area contributed by atoms with Gasteiger partial charge in [0.25, 0.3) is 0 Å². The van der Waals surface area contributed by atoms with Gasteiger partial charge in [0.1, 0.15) is 24.0 Å². The van der Waals surface area contributed by atoms with Crippen LogP contribution in [0.4, 0.5) is 11.4 Å². The highest BCUT2D eigenvalue weighted by Crippen LogP contribution is 2.40. The molecule has 0 spiro atoms. The molecule has 0 bridgehead atoms. The Hall–Kier alpha value is -2.32. The summed E-state index contributed by atoms with van der Waals surface area (Å²) < 4.78 is 0. The standard InChI is InChI=1S/C20H26N4O/c1-14-9-15(2)12-24(11-14)13-19(25)16(10-21)20-22(3)17-7-5-6-8-18(17)23(20)4/h5-8,14-15H,9,11-13H2,1-4H3/p+1/t14-,15+. The second kappa shape index (κ2) is 6.89. The SMILES string of the molecule is C[C@@H]1C[C@H](C)C[NH+](CC(=O)C(C#N)=C2N(C)c3ccccc3N2C)C1. The van der Waals surface area contributed by atoms with Crippen LogP contribution in [0.25, 0.3) is 0 Å². The van der Waals surface area contributed by atoms with E-state index in [-0.39, 0.29) is 11.4 Å². The molecule has 1 aromatic carbocycles. The number of carbonyl (C=O) groups excluding carboxylic acids is 1. The number of fused-ring (bicyclic) bond motifs is 1. The lowest BCUT2D eigenvalue weighted by Crippen LogP contribution is -3.15. The highest BCUT2D eigenvalue weighted by atomic mass is 16.1. The fourth-order valence-corrected chi connectivity index (χ4v) is 4.44. The van der Waals surface area contributed by atoms with Crippen LogP contribution in [0.3, 0.4) is 0 Å². The molecule has 1 aromatic rings. The predicted molar refractivity (Wildman–Crippen MR) is 99.4 cm³/mol. The van der Waals surface area contributed by atoms with Gasteiger partial charge in [0.15, 0.2) is 0 Å². The van der Waals surface area contributed by atoms with Gasteiger partial charge in [-0.2, -0.15) is 5.26 Å². The van der Waals surface area contributed by atoms with E-state index < -0.39 is 0 Å². The molecule has 1 fully saturated rings.